The minimum absolute atomic E-state index is 0.0154. The molecule has 324 valence electrons. The number of likely N-dealkylation sites (tertiary alicyclic amines) is 2. The second-order valence-electron chi connectivity index (χ2n) is 18.4. The number of carbonyl (C=O) groups excluding carboxylic acids is 2. The number of unbranched alkanes of at least 4 members (excludes halogenated alkanes) is 2. The normalized spacial score (nSPS) is 17.2. The van der Waals surface area contributed by atoms with E-state index in [0.29, 0.717) is 86.6 Å². The number of amides is 3. The van der Waals surface area contributed by atoms with Crippen molar-refractivity contribution in [3.63, 3.8) is 0 Å². The van der Waals surface area contributed by atoms with Gasteiger partial charge in [-0.25, -0.2) is 4.79 Å². The average Bonchev–Trinajstić information content (AvgIpc) is 3.09. The Balaban J connectivity index is 1.29. The minimum Gasteiger partial charge on any atom is -0.493 e. The maximum absolute atomic E-state index is 13.7. The van der Waals surface area contributed by atoms with Gasteiger partial charge >= 0.3 is 6.09 Å². The van der Waals surface area contributed by atoms with Crippen LogP contribution >= 0.6 is 0 Å². The number of rotatable bonds is 19. The van der Waals surface area contributed by atoms with E-state index in [1.807, 2.05) is 4.90 Å². The molecule has 14 nitrogen and oxygen atoms in total. The van der Waals surface area contributed by atoms with Gasteiger partial charge in [0.2, 0.25) is 0 Å². The van der Waals surface area contributed by atoms with Crippen molar-refractivity contribution in [3.05, 3.63) is 35.4 Å². The molecule has 0 aromatic heterocycles. The molecule has 4 rings (SSSR count). The van der Waals surface area contributed by atoms with E-state index in [1.54, 1.807) is 17.0 Å². The third-order valence-corrected chi connectivity index (χ3v) is 21.3. The lowest BCUT2D eigenvalue weighted by Crippen LogP contribution is -2.55. The molecule has 0 unspecified atom stereocenters. The van der Waals surface area contributed by atoms with Crippen LogP contribution in [0, 0.1) is 0 Å². The van der Waals surface area contributed by atoms with Gasteiger partial charge in [-0.15, -0.1) is 0 Å². The van der Waals surface area contributed by atoms with Crippen LogP contribution in [0.3, 0.4) is 0 Å². The van der Waals surface area contributed by atoms with Crippen LogP contribution in [0.25, 0.3) is 0 Å². The van der Waals surface area contributed by atoms with E-state index in [1.165, 1.54) is 26.4 Å². The predicted molar refractivity (Wildman–Crippen MR) is 232 cm³/mol. The number of carboxylic acid groups (broad SMARTS) is 1. The molecule has 2 aromatic rings. The summed E-state index contributed by atoms with van der Waals surface area (Å²) in [4.78, 5) is 42.6. The van der Waals surface area contributed by atoms with Crippen molar-refractivity contribution < 1.29 is 47.3 Å². The molecule has 3 amide bonds. The van der Waals surface area contributed by atoms with E-state index in [4.69, 9.17) is 33.5 Å². The molecule has 2 atom stereocenters. The van der Waals surface area contributed by atoms with Gasteiger partial charge in [0.05, 0.1) is 69.5 Å². The first-order chi connectivity index (χ1) is 27.0. The van der Waals surface area contributed by atoms with Crippen LogP contribution in [0.15, 0.2) is 24.3 Å². The first-order valence-corrected chi connectivity index (χ1v) is 26.2. The van der Waals surface area contributed by atoms with Gasteiger partial charge in [-0.2, -0.15) is 0 Å². The van der Waals surface area contributed by atoms with E-state index in [-0.39, 0.29) is 45.2 Å². The second-order valence-corrected chi connectivity index (χ2v) is 28.0. The van der Waals surface area contributed by atoms with Gasteiger partial charge in [0, 0.05) is 30.9 Å². The zero-order chi connectivity index (χ0) is 43.2. The van der Waals surface area contributed by atoms with Crippen molar-refractivity contribution in [1.29, 1.82) is 0 Å². The van der Waals surface area contributed by atoms with Crippen LogP contribution in [-0.2, 0) is 8.85 Å². The van der Waals surface area contributed by atoms with Crippen molar-refractivity contribution in [1.82, 2.24) is 9.80 Å². The van der Waals surface area contributed by atoms with Gasteiger partial charge in [-0.05, 0) is 80.5 Å². The number of anilines is 2. The molecule has 0 spiro atoms. The fraction of sp³-hybridized carbons (Fsp3) is 0.643. The number of benzene rings is 2. The molecule has 0 bridgehead atoms. The summed E-state index contributed by atoms with van der Waals surface area (Å²) < 4.78 is 36.1. The highest BCUT2D eigenvalue weighted by molar-refractivity contribution is 6.74. The molecule has 2 aromatic carbocycles. The fourth-order valence-electron chi connectivity index (χ4n) is 6.12. The molecule has 2 fully saturated rings. The monoisotopic (exact) mass is 844 g/mol. The third-order valence-electron chi connectivity index (χ3n) is 12.3. The molecule has 2 saturated heterocycles. The highest BCUT2D eigenvalue weighted by atomic mass is 28.4. The first kappa shape index (κ1) is 46.7. The summed E-state index contributed by atoms with van der Waals surface area (Å²) in [6.45, 7) is 24.8. The highest BCUT2D eigenvalue weighted by Crippen LogP contribution is 2.40. The molecule has 2 aliphatic heterocycles. The van der Waals surface area contributed by atoms with Gasteiger partial charge in [0.25, 0.3) is 11.8 Å². The van der Waals surface area contributed by atoms with Gasteiger partial charge in [0.1, 0.15) is 0 Å². The quantitative estimate of drug-likeness (QED) is 0.0704. The smallest absolute Gasteiger partial charge is 0.409 e. The van der Waals surface area contributed by atoms with Gasteiger partial charge in [-0.3, -0.25) is 14.9 Å². The number of nitrogens with zero attached hydrogens (tertiary/aromatic N) is 2. The van der Waals surface area contributed by atoms with E-state index >= 15 is 0 Å². The molecule has 16 heteroatoms. The van der Waals surface area contributed by atoms with Crippen LogP contribution in [0.2, 0.25) is 36.3 Å². The molecular weight excluding hydrogens is 777 g/mol. The third kappa shape index (κ3) is 11.2. The minimum atomic E-state index is -2.01. The lowest BCUT2D eigenvalue weighted by atomic mass is 10.0. The molecule has 2 heterocycles. The Kier molecular flexibility index (Phi) is 15.2. The number of ether oxygens (including phenoxy) is 4. The summed E-state index contributed by atoms with van der Waals surface area (Å²) in [5.41, 5.74) is 7.41. The van der Waals surface area contributed by atoms with Crippen LogP contribution in [0.4, 0.5) is 16.2 Å². The molecule has 2 aliphatic rings. The summed E-state index contributed by atoms with van der Waals surface area (Å²) in [6, 6.07) is 6.25. The number of hydrogen-bond donors (Lipinski definition) is 3. The van der Waals surface area contributed by atoms with Gasteiger partial charge < -0.3 is 48.4 Å². The van der Waals surface area contributed by atoms with Crippen molar-refractivity contribution in [2.24, 2.45) is 0 Å². The summed E-state index contributed by atoms with van der Waals surface area (Å²) >= 11 is 0. The number of nitrogens with two attached hydrogens (primary N) is 1. The van der Waals surface area contributed by atoms with Crippen molar-refractivity contribution >= 4 is 45.9 Å². The van der Waals surface area contributed by atoms with Crippen molar-refractivity contribution in [3.8, 4) is 23.0 Å². The zero-order valence-electron chi connectivity index (χ0n) is 36.8. The lowest BCUT2D eigenvalue weighted by molar-refractivity contribution is 0.0310. The Morgan fingerprint density at radius 3 is 1.53 bits per heavy atom. The summed E-state index contributed by atoms with van der Waals surface area (Å²) in [5.74, 6) is 1.10. The van der Waals surface area contributed by atoms with E-state index in [9.17, 15) is 19.5 Å². The van der Waals surface area contributed by atoms with Gasteiger partial charge in [-0.1, -0.05) is 41.5 Å². The number of nitrogens with one attached hydrogen (secondary N) is 1. The zero-order valence-corrected chi connectivity index (χ0v) is 38.8. The maximum atomic E-state index is 13.7. The Labute approximate surface area is 347 Å². The Morgan fingerprint density at radius 1 is 0.707 bits per heavy atom. The molecule has 58 heavy (non-hydrogen) atoms. The lowest BCUT2D eigenvalue weighted by Gasteiger charge is -2.44. The van der Waals surface area contributed by atoms with Crippen LogP contribution < -0.4 is 30.0 Å². The SMILES string of the molecule is COc1cc(C(=O)N2CC[C@H]2CO[Si](C)(C)C(C)(C)C)c(N)cc1OCCCCCOc1cc(NC(=O)O)c(C(=O)N2CC[C@H]2CO[Si](C)(C)C(C)(C)C)cc1OC. The molecule has 0 aliphatic carbocycles. The standard InChI is InChI=1S/C42H68N4O10Si2/c1-41(2,3)57(9,10)55-26-28-16-18-45(28)38(47)30-22-34(51-7)36(24-32(30)43)53-20-14-13-15-21-54-37-25-33(44-40(49)50)31(23-35(37)52-8)39(48)46-19-17-29(46)27-56-58(11,12)42(4,5)6/h22-25,28-29,44H,13-21,26-27,43H2,1-12H3,(H,49,50)/t28-,29-/m0/s1. The summed E-state index contributed by atoms with van der Waals surface area (Å²) in [5, 5.41) is 12.1. The molecule has 0 saturated carbocycles. The summed E-state index contributed by atoms with van der Waals surface area (Å²) in [6.07, 6.45) is 2.53. The molecular formula is C42H68N4O10Si2. The number of hydrogen-bond acceptors (Lipinski definition) is 10. The Morgan fingerprint density at radius 2 is 1.14 bits per heavy atom. The average molecular weight is 845 g/mol. The van der Waals surface area contributed by atoms with E-state index in [0.717, 1.165) is 19.3 Å². The van der Waals surface area contributed by atoms with Crippen LogP contribution in [0.1, 0.15) is 94.4 Å². The van der Waals surface area contributed by atoms with Crippen LogP contribution in [-0.4, -0.2) is 115 Å². The predicted octanol–water partition coefficient (Wildman–Crippen LogP) is 8.48. The van der Waals surface area contributed by atoms with E-state index < -0.39 is 22.7 Å². The Hall–Kier alpha value is -4.00. The first-order valence-electron chi connectivity index (χ1n) is 20.4. The van der Waals surface area contributed by atoms with E-state index in [2.05, 4.69) is 73.0 Å². The molecule has 4 N–H and O–H groups in total. The number of methoxy groups -OCH3 is 2. The van der Waals surface area contributed by atoms with Crippen LogP contribution in [0.5, 0.6) is 23.0 Å². The fourth-order valence-corrected chi connectivity index (χ4v) is 8.20. The second kappa shape index (κ2) is 18.9. The molecule has 0 radical (unpaired) electrons. The summed E-state index contributed by atoms with van der Waals surface area (Å²) in [7, 11) is -0.937. The van der Waals surface area contributed by atoms with Gasteiger partial charge in [0.15, 0.2) is 39.6 Å². The topological polar surface area (TPSA) is 171 Å². The highest BCUT2D eigenvalue weighted by Gasteiger charge is 2.42. The number of nitrogen functional groups attached to an aromatic ring is 1. The largest absolute Gasteiger partial charge is 0.493 e. The maximum Gasteiger partial charge on any atom is 0.409 e. The van der Waals surface area contributed by atoms with Crippen molar-refractivity contribution in [2.75, 3.05) is 64.8 Å². The van der Waals surface area contributed by atoms with Crippen molar-refractivity contribution in [2.45, 2.75) is 122 Å². The Bertz CT molecular complexity index is 1780. The number of carbonyl (C=O) groups is 3.